The van der Waals surface area contributed by atoms with Gasteiger partial charge in [-0.25, -0.2) is 0 Å². The van der Waals surface area contributed by atoms with Crippen molar-refractivity contribution in [1.29, 1.82) is 0 Å². The van der Waals surface area contributed by atoms with Gasteiger partial charge in [-0.2, -0.15) is 0 Å². The highest BCUT2D eigenvalue weighted by molar-refractivity contribution is 5.66. The molecule has 0 fully saturated rings. The molecule has 4 N–H and O–H groups in total. The average Bonchev–Trinajstić information content (AvgIpc) is 2.30. The van der Waals surface area contributed by atoms with Gasteiger partial charge in [0.15, 0.2) is 0 Å². The van der Waals surface area contributed by atoms with Crippen LogP contribution < -0.4 is 0 Å². The van der Waals surface area contributed by atoms with E-state index >= 15 is 0 Å². The molecule has 18 heavy (non-hydrogen) atoms. The zero-order valence-electron chi connectivity index (χ0n) is 11.8. The van der Waals surface area contributed by atoms with Crippen LogP contribution in [0.2, 0.25) is 0 Å². The van der Waals surface area contributed by atoms with Gasteiger partial charge in [0.1, 0.15) is 0 Å². The summed E-state index contributed by atoms with van der Waals surface area (Å²) < 4.78 is 0. The second kappa shape index (κ2) is 12.3. The fourth-order valence-corrected chi connectivity index (χ4v) is 0.132. The van der Waals surface area contributed by atoms with Crippen molar-refractivity contribution in [3.8, 4) is 0 Å². The van der Waals surface area contributed by atoms with Gasteiger partial charge in [-0.1, -0.05) is 27.7 Å². The highest BCUT2D eigenvalue weighted by Crippen LogP contribution is 2.17. The van der Waals surface area contributed by atoms with Crippen molar-refractivity contribution in [3.05, 3.63) is 0 Å². The molecule has 0 rings (SSSR count). The van der Waals surface area contributed by atoms with Crippen molar-refractivity contribution in [2.45, 2.75) is 53.6 Å². The van der Waals surface area contributed by atoms with Crippen molar-refractivity contribution in [2.75, 3.05) is 6.61 Å². The van der Waals surface area contributed by atoms with Crippen molar-refractivity contribution in [2.24, 2.45) is 5.41 Å². The number of aliphatic hydroxyl groups is 2. The van der Waals surface area contributed by atoms with Crippen molar-refractivity contribution >= 4 is 11.9 Å². The van der Waals surface area contributed by atoms with Gasteiger partial charge < -0.3 is 20.4 Å². The Hall–Kier alpha value is -1.14. The molecule has 0 heterocycles. The van der Waals surface area contributed by atoms with E-state index < -0.39 is 18.0 Å². The first kappa shape index (κ1) is 22.1. The minimum atomic E-state index is -0.745. The molecular formula is C12H26O6. The van der Waals surface area contributed by atoms with E-state index in [1.165, 1.54) is 0 Å². The molecule has 0 aromatic carbocycles. The Bertz CT molecular complexity index is 209. The second-order valence-electron chi connectivity index (χ2n) is 4.32. The Morgan fingerprint density at radius 1 is 1.06 bits per heavy atom. The van der Waals surface area contributed by atoms with Crippen LogP contribution in [0.4, 0.5) is 0 Å². The minimum absolute atomic E-state index is 0.0324. The van der Waals surface area contributed by atoms with Crippen LogP contribution in [0.5, 0.6) is 0 Å². The highest BCUT2D eigenvalue weighted by Gasteiger charge is 2.22. The van der Waals surface area contributed by atoms with Gasteiger partial charge in [0.05, 0.1) is 12.7 Å². The van der Waals surface area contributed by atoms with Gasteiger partial charge in [-0.05, 0) is 6.92 Å². The van der Waals surface area contributed by atoms with Crippen LogP contribution in [0.3, 0.4) is 0 Å². The number of carbonyl (C=O) groups is 2. The normalized spacial score (nSPS) is 11.3. The molecule has 0 aliphatic carbocycles. The maximum Gasteiger partial charge on any atom is 0.303 e. The molecule has 0 saturated carbocycles. The molecule has 1 atom stereocenters. The SMILES string of the molecule is CC(O)C(C)(C)CO.CCC(=O)O.CCC(=O)O. The zero-order valence-corrected chi connectivity index (χ0v) is 11.8. The average molecular weight is 266 g/mol. The van der Waals surface area contributed by atoms with Gasteiger partial charge in [0, 0.05) is 18.3 Å². The lowest BCUT2D eigenvalue weighted by atomic mass is 9.89. The Kier molecular flexibility index (Phi) is 15.1. The topological polar surface area (TPSA) is 115 Å². The molecular weight excluding hydrogens is 240 g/mol. The van der Waals surface area contributed by atoms with E-state index in [4.69, 9.17) is 20.4 Å². The molecule has 0 bridgehead atoms. The highest BCUT2D eigenvalue weighted by atomic mass is 16.4. The van der Waals surface area contributed by atoms with E-state index in [0.29, 0.717) is 0 Å². The Labute approximate surface area is 108 Å². The predicted octanol–water partition coefficient (Wildman–Crippen LogP) is 1.35. The van der Waals surface area contributed by atoms with Crippen LogP contribution >= 0.6 is 0 Å². The van der Waals surface area contributed by atoms with E-state index in [9.17, 15) is 9.59 Å². The van der Waals surface area contributed by atoms with Gasteiger partial charge in [-0.3, -0.25) is 9.59 Å². The number of carboxylic acids is 2. The van der Waals surface area contributed by atoms with Crippen LogP contribution in [0, 0.1) is 5.41 Å². The number of aliphatic hydroxyl groups excluding tert-OH is 2. The number of hydrogen-bond acceptors (Lipinski definition) is 4. The standard InChI is InChI=1S/C6H14O2.2C3H6O2/c1-5(8)6(2,3)4-7;2*1-2-3(4)5/h5,7-8H,4H2,1-3H3;2*2H2,1H3,(H,4,5). The summed E-state index contributed by atoms with van der Waals surface area (Å²) in [5.41, 5.74) is -0.347. The number of aliphatic carboxylic acids is 2. The summed E-state index contributed by atoms with van der Waals surface area (Å²) in [5, 5.41) is 33.0. The van der Waals surface area contributed by atoms with Gasteiger partial charge >= 0.3 is 11.9 Å². The third-order valence-electron chi connectivity index (χ3n) is 2.14. The summed E-state index contributed by atoms with van der Waals surface area (Å²) >= 11 is 0. The van der Waals surface area contributed by atoms with E-state index in [0.717, 1.165) is 0 Å². The van der Waals surface area contributed by atoms with Gasteiger partial charge in [0.25, 0.3) is 0 Å². The zero-order chi connectivity index (χ0) is 15.4. The fraction of sp³-hybridized carbons (Fsp3) is 0.833. The lowest BCUT2D eigenvalue weighted by molar-refractivity contribution is -0.137. The van der Waals surface area contributed by atoms with E-state index in [1.807, 2.05) is 13.8 Å². The smallest absolute Gasteiger partial charge is 0.303 e. The minimum Gasteiger partial charge on any atom is -0.481 e. The Morgan fingerprint density at radius 2 is 1.28 bits per heavy atom. The summed E-state index contributed by atoms with van der Waals surface area (Å²) in [6.07, 6.45) is 0.00694. The van der Waals surface area contributed by atoms with Crippen molar-refractivity contribution < 1.29 is 30.0 Å². The molecule has 0 aliphatic heterocycles. The Balaban J connectivity index is -0.000000197. The summed E-state index contributed by atoms with van der Waals surface area (Å²) in [7, 11) is 0. The first-order valence-electron chi connectivity index (χ1n) is 5.77. The third-order valence-corrected chi connectivity index (χ3v) is 2.14. The summed E-state index contributed by atoms with van der Waals surface area (Å²) in [6.45, 7) is 8.54. The summed E-state index contributed by atoms with van der Waals surface area (Å²) in [6, 6.07) is 0. The lowest BCUT2D eigenvalue weighted by Crippen LogP contribution is -2.29. The quantitative estimate of drug-likeness (QED) is 0.610. The molecule has 1 unspecified atom stereocenters. The number of hydrogen-bond donors (Lipinski definition) is 4. The van der Waals surface area contributed by atoms with Gasteiger partial charge in [0.2, 0.25) is 0 Å². The molecule has 6 heteroatoms. The molecule has 0 saturated heterocycles. The molecule has 0 aromatic rings. The number of carboxylic acid groups (broad SMARTS) is 2. The maximum atomic E-state index is 9.37. The molecule has 0 amide bonds. The molecule has 6 nitrogen and oxygen atoms in total. The Morgan fingerprint density at radius 3 is 1.28 bits per heavy atom. The fourth-order valence-electron chi connectivity index (χ4n) is 0.132. The van der Waals surface area contributed by atoms with Crippen LogP contribution in [0.15, 0.2) is 0 Å². The van der Waals surface area contributed by atoms with E-state index in [-0.39, 0.29) is 24.9 Å². The molecule has 0 aliphatic rings. The summed E-state index contributed by atoms with van der Waals surface area (Å²) in [4.78, 5) is 18.7. The largest absolute Gasteiger partial charge is 0.481 e. The molecule has 0 aromatic heterocycles. The molecule has 0 spiro atoms. The van der Waals surface area contributed by atoms with Gasteiger partial charge in [-0.15, -0.1) is 0 Å². The van der Waals surface area contributed by atoms with E-state index in [2.05, 4.69) is 0 Å². The first-order valence-corrected chi connectivity index (χ1v) is 5.77. The van der Waals surface area contributed by atoms with Crippen LogP contribution in [-0.4, -0.2) is 45.1 Å². The lowest BCUT2D eigenvalue weighted by Gasteiger charge is -2.24. The number of rotatable bonds is 4. The predicted molar refractivity (Wildman–Crippen MR) is 68.4 cm³/mol. The second-order valence-corrected chi connectivity index (χ2v) is 4.32. The van der Waals surface area contributed by atoms with E-state index in [1.54, 1.807) is 20.8 Å². The van der Waals surface area contributed by atoms with Crippen molar-refractivity contribution in [3.63, 3.8) is 0 Å². The first-order chi connectivity index (χ1) is 8.04. The van der Waals surface area contributed by atoms with Crippen LogP contribution in [-0.2, 0) is 9.59 Å². The van der Waals surface area contributed by atoms with Crippen LogP contribution in [0.1, 0.15) is 47.5 Å². The van der Waals surface area contributed by atoms with Crippen LogP contribution in [0.25, 0.3) is 0 Å². The molecule has 110 valence electrons. The molecule has 0 radical (unpaired) electrons. The third kappa shape index (κ3) is 20.3. The van der Waals surface area contributed by atoms with Crippen molar-refractivity contribution in [1.82, 2.24) is 0 Å². The maximum absolute atomic E-state index is 9.37. The monoisotopic (exact) mass is 266 g/mol. The summed E-state index contributed by atoms with van der Waals surface area (Å²) in [5.74, 6) is -1.49.